The maximum absolute atomic E-state index is 6.28. The van der Waals surface area contributed by atoms with Crippen molar-refractivity contribution in [2.75, 3.05) is 0 Å². The molecule has 21 heavy (non-hydrogen) atoms. The Balaban J connectivity index is 2.63. The molecular formula is C16H13Cl5. The van der Waals surface area contributed by atoms with Gasteiger partial charge in [-0.25, -0.2) is 0 Å². The molecule has 0 saturated heterocycles. The summed E-state index contributed by atoms with van der Waals surface area (Å²) >= 11 is 30.8. The van der Waals surface area contributed by atoms with Crippen molar-refractivity contribution >= 4 is 58.0 Å². The van der Waals surface area contributed by atoms with Crippen LogP contribution in [-0.4, -0.2) is 0 Å². The standard InChI is InChI=1S/C16H13Cl5/c1-16(2,3)9-6-4-8(5-7-9)10-11(17)13(19)15(21)14(20)12(10)18/h4-7H,1-3H3. The second kappa shape index (κ2) is 6.18. The summed E-state index contributed by atoms with van der Waals surface area (Å²) in [6.45, 7) is 6.45. The molecule has 0 unspecified atom stereocenters. The molecule has 2 aromatic rings. The topological polar surface area (TPSA) is 0 Å². The first kappa shape index (κ1) is 17.2. The van der Waals surface area contributed by atoms with Gasteiger partial charge in [-0.05, 0) is 16.5 Å². The molecule has 0 aromatic heterocycles. The van der Waals surface area contributed by atoms with E-state index >= 15 is 0 Å². The molecule has 0 radical (unpaired) electrons. The van der Waals surface area contributed by atoms with Gasteiger partial charge < -0.3 is 0 Å². The van der Waals surface area contributed by atoms with Crippen molar-refractivity contribution in [3.63, 3.8) is 0 Å². The van der Waals surface area contributed by atoms with E-state index < -0.39 is 0 Å². The molecule has 2 aromatic carbocycles. The SMILES string of the molecule is CC(C)(C)c1ccc(-c2c(Cl)c(Cl)c(Cl)c(Cl)c2Cl)cc1. The first-order valence-electron chi connectivity index (χ1n) is 6.27. The lowest BCUT2D eigenvalue weighted by Gasteiger charge is -2.20. The van der Waals surface area contributed by atoms with Gasteiger partial charge in [0, 0.05) is 5.56 Å². The van der Waals surface area contributed by atoms with Gasteiger partial charge in [0.1, 0.15) is 0 Å². The average Bonchev–Trinajstić information content (AvgIpc) is 2.43. The molecule has 112 valence electrons. The highest BCUT2D eigenvalue weighted by Crippen LogP contribution is 2.48. The van der Waals surface area contributed by atoms with Gasteiger partial charge in [-0.15, -0.1) is 0 Å². The molecule has 0 aliphatic rings. The summed E-state index contributed by atoms with van der Waals surface area (Å²) in [6.07, 6.45) is 0. The quantitative estimate of drug-likeness (QED) is 0.347. The monoisotopic (exact) mass is 380 g/mol. The molecule has 0 aliphatic heterocycles. The number of rotatable bonds is 1. The lowest BCUT2D eigenvalue weighted by atomic mass is 9.86. The lowest BCUT2D eigenvalue weighted by molar-refractivity contribution is 0.590. The van der Waals surface area contributed by atoms with Crippen LogP contribution in [0, 0.1) is 0 Å². The highest BCUT2D eigenvalue weighted by Gasteiger charge is 2.21. The van der Waals surface area contributed by atoms with E-state index in [1.165, 1.54) is 5.56 Å². The van der Waals surface area contributed by atoms with Crippen molar-refractivity contribution in [3.05, 3.63) is 54.9 Å². The van der Waals surface area contributed by atoms with Crippen LogP contribution in [-0.2, 0) is 5.41 Å². The molecule has 0 N–H and O–H groups in total. The highest BCUT2D eigenvalue weighted by atomic mass is 35.5. The lowest BCUT2D eigenvalue weighted by Crippen LogP contribution is -2.10. The zero-order valence-corrected chi connectivity index (χ0v) is 15.5. The molecule has 0 fully saturated rings. The second-order valence-corrected chi connectivity index (χ2v) is 7.66. The zero-order valence-electron chi connectivity index (χ0n) is 11.7. The Bertz CT molecular complexity index is 652. The van der Waals surface area contributed by atoms with Gasteiger partial charge in [0.25, 0.3) is 0 Å². The molecular weight excluding hydrogens is 369 g/mol. The summed E-state index contributed by atoms with van der Waals surface area (Å²) in [5.74, 6) is 0. The summed E-state index contributed by atoms with van der Waals surface area (Å²) < 4.78 is 0. The number of hydrogen-bond acceptors (Lipinski definition) is 0. The van der Waals surface area contributed by atoms with E-state index in [2.05, 4.69) is 20.8 Å². The summed E-state index contributed by atoms with van der Waals surface area (Å²) in [6, 6.07) is 7.99. The van der Waals surface area contributed by atoms with Crippen LogP contribution in [0.5, 0.6) is 0 Å². The van der Waals surface area contributed by atoms with Crippen molar-refractivity contribution in [1.82, 2.24) is 0 Å². The molecule has 0 spiro atoms. The summed E-state index contributed by atoms with van der Waals surface area (Å²) in [5, 5.41) is 1.20. The van der Waals surface area contributed by atoms with Gasteiger partial charge in [0.15, 0.2) is 0 Å². The summed E-state index contributed by atoms with van der Waals surface area (Å²) in [4.78, 5) is 0. The van der Waals surface area contributed by atoms with Crippen molar-refractivity contribution in [3.8, 4) is 11.1 Å². The van der Waals surface area contributed by atoms with Gasteiger partial charge in [-0.2, -0.15) is 0 Å². The van der Waals surface area contributed by atoms with Crippen LogP contribution in [0.3, 0.4) is 0 Å². The third-order valence-corrected chi connectivity index (χ3v) is 5.53. The molecule has 2 rings (SSSR count). The minimum atomic E-state index is 0.0708. The molecule has 0 saturated carbocycles. The van der Waals surface area contributed by atoms with Crippen LogP contribution in [0.4, 0.5) is 0 Å². The van der Waals surface area contributed by atoms with Crippen LogP contribution in [0.15, 0.2) is 24.3 Å². The van der Waals surface area contributed by atoms with Crippen molar-refractivity contribution in [2.24, 2.45) is 0 Å². The van der Waals surface area contributed by atoms with E-state index in [0.29, 0.717) is 15.6 Å². The van der Waals surface area contributed by atoms with Crippen LogP contribution in [0.1, 0.15) is 26.3 Å². The minimum Gasteiger partial charge on any atom is -0.0819 e. The van der Waals surface area contributed by atoms with Crippen LogP contribution in [0.25, 0.3) is 11.1 Å². The first-order valence-corrected chi connectivity index (χ1v) is 8.16. The Morgan fingerprint density at radius 1 is 0.619 bits per heavy atom. The van der Waals surface area contributed by atoms with Gasteiger partial charge >= 0.3 is 0 Å². The third-order valence-electron chi connectivity index (χ3n) is 3.25. The minimum absolute atomic E-state index is 0.0708. The van der Waals surface area contributed by atoms with Gasteiger partial charge in [0.2, 0.25) is 0 Å². The maximum Gasteiger partial charge on any atom is 0.0809 e. The smallest absolute Gasteiger partial charge is 0.0809 e. The Morgan fingerprint density at radius 3 is 1.38 bits per heavy atom. The fraction of sp³-hybridized carbons (Fsp3) is 0.250. The molecule has 0 atom stereocenters. The van der Waals surface area contributed by atoms with Crippen molar-refractivity contribution in [2.45, 2.75) is 26.2 Å². The van der Waals surface area contributed by atoms with E-state index in [0.717, 1.165) is 5.56 Å². The molecule has 5 heteroatoms. The molecule has 0 nitrogen and oxygen atoms in total. The predicted molar refractivity (Wildman–Crippen MR) is 95.6 cm³/mol. The Labute approximate surface area is 149 Å². The molecule has 0 heterocycles. The normalized spacial score (nSPS) is 11.8. The number of benzene rings is 2. The Kier molecular flexibility index (Phi) is 5.08. The summed E-state index contributed by atoms with van der Waals surface area (Å²) in [5.41, 5.74) is 2.72. The number of hydrogen-bond donors (Lipinski definition) is 0. The van der Waals surface area contributed by atoms with Gasteiger partial charge in [-0.3, -0.25) is 0 Å². The van der Waals surface area contributed by atoms with Crippen molar-refractivity contribution in [1.29, 1.82) is 0 Å². The van der Waals surface area contributed by atoms with E-state index in [-0.39, 0.29) is 20.5 Å². The van der Waals surface area contributed by atoms with E-state index in [1.807, 2.05) is 24.3 Å². The first-order chi connectivity index (χ1) is 9.64. The van der Waals surface area contributed by atoms with Crippen LogP contribution < -0.4 is 0 Å². The predicted octanol–water partition coefficient (Wildman–Crippen LogP) is 7.92. The van der Waals surface area contributed by atoms with E-state index in [1.54, 1.807) is 0 Å². The third kappa shape index (κ3) is 3.30. The maximum atomic E-state index is 6.28. The highest BCUT2D eigenvalue weighted by molar-refractivity contribution is 6.56. The van der Waals surface area contributed by atoms with Crippen LogP contribution >= 0.6 is 58.0 Å². The second-order valence-electron chi connectivity index (χ2n) is 5.77. The fourth-order valence-corrected chi connectivity index (χ4v) is 3.35. The average molecular weight is 383 g/mol. The largest absolute Gasteiger partial charge is 0.0819 e. The van der Waals surface area contributed by atoms with E-state index in [4.69, 9.17) is 58.0 Å². The van der Waals surface area contributed by atoms with Gasteiger partial charge in [0.05, 0.1) is 25.1 Å². The molecule has 0 aliphatic carbocycles. The number of halogens is 5. The van der Waals surface area contributed by atoms with E-state index in [9.17, 15) is 0 Å². The Hall–Kier alpha value is -0.110. The molecule has 0 bridgehead atoms. The fourth-order valence-electron chi connectivity index (χ4n) is 2.00. The molecule has 0 amide bonds. The van der Waals surface area contributed by atoms with Crippen LogP contribution in [0.2, 0.25) is 25.1 Å². The van der Waals surface area contributed by atoms with Gasteiger partial charge in [-0.1, -0.05) is 103 Å². The van der Waals surface area contributed by atoms with Crippen molar-refractivity contribution < 1.29 is 0 Å². The Morgan fingerprint density at radius 2 is 1.00 bits per heavy atom. The summed E-state index contributed by atoms with van der Waals surface area (Å²) in [7, 11) is 0. The zero-order chi connectivity index (χ0) is 15.9.